The van der Waals surface area contributed by atoms with Gasteiger partial charge >= 0.3 is 6.03 Å². The number of benzene rings is 1. The molecule has 7 heteroatoms. The van der Waals surface area contributed by atoms with Gasteiger partial charge in [0.05, 0.1) is 11.8 Å². The van der Waals surface area contributed by atoms with Crippen LogP contribution in [-0.2, 0) is 18.3 Å². The van der Waals surface area contributed by atoms with E-state index in [0.717, 1.165) is 36.5 Å². The molecule has 0 radical (unpaired) electrons. The third kappa shape index (κ3) is 4.96. The molecule has 25 heavy (non-hydrogen) atoms. The van der Waals surface area contributed by atoms with Crippen LogP contribution in [0.15, 0.2) is 30.3 Å². The van der Waals surface area contributed by atoms with E-state index in [1.807, 2.05) is 37.3 Å². The Hall–Kier alpha value is -2.54. The van der Waals surface area contributed by atoms with Crippen molar-refractivity contribution in [3.05, 3.63) is 41.6 Å². The van der Waals surface area contributed by atoms with Crippen molar-refractivity contribution in [1.82, 2.24) is 15.1 Å². The first-order valence-electron chi connectivity index (χ1n) is 8.49. The van der Waals surface area contributed by atoms with Gasteiger partial charge in [0.2, 0.25) is 0 Å². The number of nitrogens with one attached hydrogen (secondary N) is 2. The number of urea groups is 1. The predicted molar refractivity (Wildman–Crippen MR) is 94.7 cm³/mol. The van der Waals surface area contributed by atoms with Crippen molar-refractivity contribution in [1.29, 1.82) is 0 Å². The molecular weight excluding hydrogens is 320 g/mol. The summed E-state index contributed by atoms with van der Waals surface area (Å²) in [5.74, 6) is 1.47. The molecule has 1 unspecified atom stereocenters. The number of hydrogen-bond acceptors (Lipinski definition) is 4. The second-order valence-electron chi connectivity index (χ2n) is 6.19. The van der Waals surface area contributed by atoms with Crippen molar-refractivity contribution in [3.8, 4) is 5.75 Å². The number of carbonyl (C=O) groups is 1. The smallest absolute Gasteiger partial charge is 0.320 e. The van der Waals surface area contributed by atoms with Crippen LogP contribution >= 0.6 is 0 Å². The van der Waals surface area contributed by atoms with Crippen LogP contribution in [0.25, 0.3) is 0 Å². The summed E-state index contributed by atoms with van der Waals surface area (Å²) >= 11 is 0. The Labute approximate surface area is 147 Å². The first kappa shape index (κ1) is 17.3. The van der Waals surface area contributed by atoms with Gasteiger partial charge in [-0.15, -0.1) is 0 Å². The van der Waals surface area contributed by atoms with Gasteiger partial charge in [0.15, 0.2) is 0 Å². The van der Waals surface area contributed by atoms with E-state index in [-0.39, 0.29) is 12.1 Å². The highest BCUT2D eigenvalue weighted by Crippen LogP contribution is 2.16. The normalized spacial score (nSPS) is 16.6. The topological polar surface area (TPSA) is 77.4 Å². The predicted octanol–water partition coefficient (Wildman–Crippen LogP) is 2.61. The van der Waals surface area contributed by atoms with E-state index in [1.165, 1.54) is 0 Å². The number of aromatic nitrogens is 2. The van der Waals surface area contributed by atoms with E-state index in [2.05, 4.69) is 15.7 Å². The minimum atomic E-state index is -0.262. The van der Waals surface area contributed by atoms with Crippen LogP contribution in [0.4, 0.5) is 10.6 Å². The van der Waals surface area contributed by atoms with Gasteiger partial charge in [0.1, 0.15) is 18.2 Å². The van der Waals surface area contributed by atoms with E-state index in [4.69, 9.17) is 9.47 Å². The molecule has 134 valence electrons. The van der Waals surface area contributed by atoms with Gasteiger partial charge < -0.3 is 14.8 Å². The van der Waals surface area contributed by atoms with E-state index >= 15 is 0 Å². The third-order valence-corrected chi connectivity index (χ3v) is 4.08. The lowest BCUT2D eigenvalue weighted by molar-refractivity contribution is 0.0679. The Morgan fingerprint density at radius 2 is 2.20 bits per heavy atom. The molecule has 0 bridgehead atoms. The van der Waals surface area contributed by atoms with Crippen LogP contribution in [0.2, 0.25) is 0 Å². The monoisotopic (exact) mass is 344 g/mol. The Bertz CT molecular complexity index is 706. The first-order chi connectivity index (χ1) is 12.1. The molecule has 2 amide bonds. The molecule has 1 aliphatic heterocycles. The van der Waals surface area contributed by atoms with Gasteiger partial charge in [-0.3, -0.25) is 10.00 Å². The van der Waals surface area contributed by atoms with Crippen LogP contribution < -0.4 is 15.4 Å². The van der Waals surface area contributed by atoms with Crippen molar-refractivity contribution >= 4 is 11.8 Å². The quantitative estimate of drug-likeness (QED) is 0.844. The zero-order valence-corrected chi connectivity index (χ0v) is 14.6. The summed E-state index contributed by atoms with van der Waals surface area (Å²) in [5.41, 5.74) is 1.86. The maximum Gasteiger partial charge on any atom is 0.320 e. The lowest BCUT2D eigenvalue weighted by Crippen LogP contribution is -2.29. The summed E-state index contributed by atoms with van der Waals surface area (Å²) in [7, 11) is 1.79. The van der Waals surface area contributed by atoms with E-state index in [9.17, 15) is 4.79 Å². The summed E-state index contributed by atoms with van der Waals surface area (Å²) < 4.78 is 12.9. The Morgan fingerprint density at radius 3 is 2.84 bits per heavy atom. The number of hydrogen-bond donors (Lipinski definition) is 2. The third-order valence-electron chi connectivity index (χ3n) is 4.08. The van der Waals surface area contributed by atoms with E-state index < -0.39 is 0 Å². The average Bonchev–Trinajstić information content (AvgIpc) is 3.22. The molecule has 1 aromatic heterocycles. The van der Waals surface area contributed by atoms with Gasteiger partial charge in [-0.1, -0.05) is 12.1 Å². The number of amides is 2. The van der Waals surface area contributed by atoms with Crippen molar-refractivity contribution in [3.63, 3.8) is 0 Å². The second-order valence-corrected chi connectivity index (χ2v) is 6.19. The molecule has 0 aliphatic carbocycles. The Morgan fingerprint density at radius 1 is 1.40 bits per heavy atom. The molecule has 0 saturated carbocycles. The fourth-order valence-corrected chi connectivity index (χ4v) is 2.74. The molecule has 1 aromatic carbocycles. The molecule has 1 atom stereocenters. The van der Waals surface area contributed by atoms with Gasteiger partial charge in [-0.2, -0.15) is 5.10 Å². The van der Waals surface area contributed by atoms with Crippen molar-refractivity contribution in [2.24, 2.45) is 7.05 Å². The van der Waals surface area contributed by atoms with E-state index in [0.29, 0.717) is 19.0 Å². The highest BCUT2D eigenvalue weighted by Gasteiger charge is 2.15. The lowest BCUT2D eigenvalue weighted by Gasteiger charge is -2.12. The second kappa shape index (κ2) is 8.02. The number of ether oxygens (including phenoxy) is 2. The molecule has 2 N–H and O–H groups in total. The summed E-state index contributed by atoms with van der Waals surface area (Å²) in [6, 6.07) is 9.27. The van der Waals surface area contributed by atoms with Gasteiger partial charge in [0, 0.05) is 26.3 Å². The van der Waals surface area contributed by atoms with E-state index in [1.54, 1.807) is 11.7 Å². The number of carbonyl (C=O) groups excluding carboxylic acids is 1. The SMILES string of the molecule is Cc1cc(NC(=O)NCc2ccc(OCC3CCCO3)cc2)n(C)n1. The highest BCUT2D eigenvalue weighted by molar-refractivity contribution is 5.88. The van der Waals surface area contributed by atoms with Crippen LogP contribution in [-0.4, -0.2) is 35.1 Å². The highest BCUT2D eigenvalue weighted by atomic mass is 16.5. The van der Waals surface area contributed by atoms with Crippen LogP contribution in [0.1, 0.15) is 24.1 Å². The first-order valence-corrected chi connectivity index (χ1v) is 8.49. The number of aryl methyl sites for hydroxylation is 2. The summed E-state index contributed by atoms with van der Waals surface area (Å²) in [5, 5.41) is 9.79. The maximum absolute atomic E-state index is 12.0. The standard InChI is InChI=1S/C18H24N4O3/c1-13-10-17(22(2)21-13)20-18(23)19-11-14-5-7-15(8-6-14)25-12-16-4-3-9-24-16/h5-8,10,16H,3-4,9,11-12H2,1-2H3,(H2,19,20,23). The zero-order valence-electron chi connectivity index (χ0n) is 14.6. The minimum absolute atomic E-state index is 0.209. The Kier molecular flexibility index (Phi) is 5.55. The van der Waals surface area contributed by atoms with Crippen molar-refractivity contribution in [2.45, 2.75) is 32.4 Å². The molecule has 1 aliphatic rings. The minimum Gasteiger partial charge on any atom is -0.491 e. The number of rotatable bonds is 6. The Balaban J connectivity index is 1.43. The van der Waals surface area contributed by atoms with Gasteiger partial charge in [0.25, 0.3) is 0 Å². The van der Waals surface area contributed by atoms with Crippen LogP contribution in [0.5, 0.6) is 5.75 Å². The lowest BCUT2D eigenvalue weighted by atomic mass is 10.2. The molecular formula is C18H24N4O3. The molecule has 1 saturated heterocycles. The van der Waals surface area contributed by atoms with Crippen molar-refractivity contribution in [2.75, 3.05) is 18.5 Å². The number of anilines is 1. The molecule has 7 nitrogen and oxygen atoms in total. The van der Waals surface area contributed by atoms with Crippen LogP contribution in [0.3, 0.4) is 0 Å². The molecule has 2 heterocycles. The largest absolute Gasteiger partial charge is 0.491 e. The number of nitrogens with zero attached hydrogens (tertiary/aromatic N) is 2. The van der Waals surface area contributed by atoms with Gasteiger partial charge in [-0.05, 0) is 37.5 Å². The summed E-state index contributed by atoms with van der Waals surface area (Å²) in [6.45, 7) is 3.74. The fraction of sp³-hybridized carbons (Fsp3) is 0.444. The average molecular weight is 344 g/mol. The van der Waals surface area contributed by atoms with Crippen LogP contribution in [0, 0.1) is 6.92 Å². The van der Waals surface area contributed by atoms with Gasteiger partial charge in [-0.25, -0.2) is 4.79 Å². The zero-order chi connectivity index (χ0) is 17.6. The summed E-state index contributed by atoms with van der Waals surface area (Å²) in [4.78, 5) is 12.0. The molecule has 3 rings (SSSR count). The molecule has 0 spiro atoms. The molecule has 2 aromatic rings. The van der Waals surface area contributed by atoms with Crippen molar-refractivity contribution < 1.29 is 14.3 Å². The summed E-state index contributed by atoms with van der Waals surface area (Å²) in [6.07, 6.45) is 2.38. The maximum atomic E-state index is 12.0. The molecule has 1 fully saturated rings. The fourth-order valence-electron chi connectivity index (χ4n) is 2.74.